The maximum atomic E-state index is 12.1. The maximum absolute atomic E-state index is 12.1. The molecule has 1 amide bonds. The number of nitrogens with one attached hydrogen (secondary N) is 1. The molecule has 148 valence electrons. The standard InChI is InChI=1S/C20H24N4O3S/c1-14(2)12-18(25)21-15-6-4-7-16(13-15)24-19(17-8-5-11-28-17)22-20(23-24)27-10-9-26-3/h4-8,11,13-14H,9-10,12H2,1-3H3,(H,21,25). The van der Waals surface area contributed by atoms with Gasteiger partial charge in [0.2, 0.25) is 5.91 Å². The van der Waals surface area contributed by atoms with Crippen molar-refractivity contribution in [3.8, 4) is 22.4 Å². The average molecular weight is 401 g/mol. The van der Waals surface area contributed by atoms with Gasteiger partial charge in [0.25, 0.3) is 0 Å². The molecule has 0 atom stereocenters. The van der Waals surface area contributed by atoms with E-state index in [0.717, 1.165) is 16.3 Å². The second kappa shape index (κ2) is 9.48. The summed E-state index contributed by atoms with van der Waals surface area (Å²) in [5.41, 5.74) is 1.51. The van der Waals surface area contributed by atoms with Crippen LogP contribution in [-0.2, 0) is 9.53 Å². The van der Waals surface area contributed by atoms with Gasteiger partial charge in [0.05, 0.1) is 17.2 Å². The molecule has 3 rings (SSSR count). The predicted molar refractivity (Wildman–Crippen MR) is 110 cm³/mol. The Balaban J connectivity index is 1.89. The molecule has 0 unspecified atom stereocenters. The first-order chi connectivity index (χ1) is 13.6. The molecule has 0 bridgehead atoms. The van der Waals surface area contributed by atoms with Crippen molar-refractivity contribution >= 4 is 22.9 Å². The van der Waals surface area contributed by atoms with E-state index in [0.29, 0.717) is 31.4 Å². The van der Waals surface area contributed by atoms with Crippen molar-refractivity contribution in [1.82, 2.24) is 14.8 Å². The first-order valence-corrected chi connectivity index (χ1v) is 9.97. The molecule has 0 aliphatic carbocycles. The van der Waals surface area contributed by atoms with Crippen molar-refractivity contribution in [1.29, 1.82) is 0 Å². The van der Waals surface area contributed by atoms with E-state index >= 15 is 0 Å². The third-order valence-corrected chi connectivity index (χ3v) is 4.68. The van der Waals surface area contributed by atoms with E-state index in [1.54, 1.807) is 23.1 Å². The van der Waals surface area contributed by atoms with Crippen LogP contribution in [0.2, 0.25) is 0 Å². The number of benzene rings is 1. The van der Waals surface area contributed by atoms with Gasteiger partial charge in [-0.25, -0.2) is 4.68 Å². The van der Waals surface area contributed by atoms with Crippen molar-refractivity contribution < 1.29 is 14.3 Å². The number of aromatic nitrogens is 3. The summed E-state index contributed by atoms with van der Waals surface area (Å²) < 4.78 is 12.3. The largest absolute Gasteiger partial charge is 0.460 e. The molecule has 1 aromatic carbocycles. The van der Waals surface area contributed by atoms with Crippen LogP contribution in [0, 0.1) is 5.92 Å². The number of nitrogens with zero attached hydrogens (tertiary/aromatic N) is 3. The van der Waals surface area contributed by atoms with Crippen molar-refractivity contribution in [3.05, 3.63) is 41.8 Å². The molecule has 1 N–H and O–H groups in total. The lowest BCUT2D eigenvalue weighted by molar-refractivity contribution is -0.116. The smallest absolute Gasteiger partial charge is 0.336 e. The highest BCUT2D eigenvalue weighted by molar-refractivity contribution is 7.13. The maximum Gasteiger partial charge on any atom is 0.336 e. The number of thiophene rings is 1. The zero-order valence-electron chi connectivity index (χ0n) is 16.2. The van der Waals surface area contributed by atoms with Gasteiger partial charge < -0.3 is 14.8 Å². The summed E-state index contributed by atoms with van der Waals surface area (Å²) in [6.07, 6.45) is 0.478. The van der Waals surface area contributed by atoms with Crippen LogP contribution in [0.15, 0.2) is 41.8 Å². The van der Waals surface area contributed by atoms with E-state index in [2.05, 4.69) is 15.4 Å². The van der Waals surface area contributed by atoms with Gasteiger partial charge in [-0.3, -0.25) is 4.79 Å². The Bertz CT molecular complexity index is 906. The van der Waals surface area contributed by atoms with Gasteiger partial charge in [-0.2, -0.15) is 4.98 Å². The number of ether oxygens (including phenoxy) is 2. The van der Waals surface area contributed by atoms with E-state index in [-0.39, 0.29) is 11.9 Å². The minimum Gasteiger partial charge on any atom is -0.460 e. The van der Waals surface area contributed by atoms with Crippen molar-refractivity contribution in [2.75, 3.05) is 25.6 Å². The lowest BCUT2D eigenvalue weighted by atomic mass is 10.1. The fraction of sp³-hybridized carbons (Fsp3) is 0.350. The molecule has 28 heavy (non-hydrogen) atoms. The topological polar surface area (TPSA) is 78.3 Å². The highest BCUT2D eigenvalue weighted by atomic mass is 32.1. The number of rotatable bonds is 9. The minimum atomic E-state index is -0.00666. The fourth-order valence-electron chi connectivity index (χ4n) is 2.61. The van der Waals surface area contributed by atoms with Gasteiger partial charge in [-0.15, -0.1) is 16.4 Å². The highest BCUT2D eigenvalue weighted by Gasteiger charge is 2.16. The summed E-state index contributed by atoms with van der Waals surface area (Å²) in [4.78, 5) is 17.6. The summed E-state index contributed by atoms with van der Waals surface area (Å²) in [5.74, 6) is 0.983. The Labute approximate surface area is 168 Å². The van der Waals surface area contributed by atoms with Gasteiger partial charge in [0.1, 0.15) is 6.61 Å². The monoisotopic (exact) mass is 400 g/mol. The predicted octanol–water partition coefficient (Wildman–Crippen LogP) is 4.01. The summed E-state index contributed by atoms with van der Waals surface area (Å²) in [6, 6.07) is 11.8. The lowest BCUT2D eigenvalue weighted by Gasteiger charge is -2.09. The SMILES string of the molecule is COCCOc1nc(-c2cccs2)n(-c2cccc(NC(=O)CC(C)C)c2)n1. The van der Waals surface area contributed by atoms with Crippen LogP contribution < -0.4 is 10.1 Å². The summed E-state index contributed by atoms with van der Waals surface area (Å²) in [6.45, 7) is 4.86. The van der Waals surface area contributed by atoms with E-state index in [9.17, 15) is 4.79 Å². The molecule has 0 saturated carbocycles. The number of amides is 1. The Hall–Kier alpha value is -2.71. The molecule has 0 aliphatic heterocycles. The number of hydrogen-bond donors (Lipinski definition) is 1. The zero-order chi connectivity index (χ0) is 19.9. The van der Waals surface area contributed by atoms with Crippen molar-refractivity contribution in [2.24, 2.45) is 5.92 Å². The van der Waals surface area contributed by atoms with Crippen molar-refractivity contribution in [2.45, 2.75) is 20.3 Å². The Morgan fingerprint density at radius 1 is 1.25 bits per heavy atom. The third kappa shape index (κ3) is 5.17. The van der Waals surface area contributed by atoms with Crippen LogP contribution in [0.3, 0.4) is 0 Å². The van der Waals surface area contributed by atoms with Crippen LogP contribution in [-0.4, -0.2) is 41.0 Å². The molecule has 3 aromatic rings. The number of anilines is 1. The molecular weight excluding hydrogens is 376 g/mol. The second-order valence-electron chi connectivity index (χ2n) is 6.64. The number of hydrogen-bond acceptors (Lipinski definition) is 6. The molecule has 7 nitrogen and oxygen atoms in total. The number of carbonyl (C=O) groups excluding carboxylic acids is 1. The third-order valence-electron chi connectivity index (χ3n) is 3.82. The highest BCUT2D eigenvalue weighted by Crippen LogP contribution is 2.28. The van der Waals surface area contributed by atoms with E-state index < -0.39 is 0 Å². The van der Waals surface area contributed by atoms with Gasteiger partial charge in [0.15, 0.2) is 5.82 Å². The van der Waals surface area contributed by atoms with Crippen LogP contribution in [0.5, 0.6) is 6.01 Å². The van der Waals surface area contributed by atoms with Crippen molar-refractivity contribution in [3.63, 3.8) is 0 Å². The second-order valence-corrected chi connectivity index (χ2v) is 7.59. The van der Waals surface area contributed by atoms with E-state index in [4.69, 9.17) is 9.47 Å². The first-order valence-electron chi connectivity index (χ1n) is 9.09. The van der Waals surface area contributed by atoms with Crippen LogP contribution in [0.25, 0.3) is 16.4 Å². The molecule has 2 aromatic heterocycles. The van der Waals surface area contributed by atoms with Gasteiger partial charge in [-0.05, 0) is 35.6 Å². The van der Waals surface area contributed by atoms with Gasteiger partial charge >= 0.3 is 6.01 Å². The Morgan fingerprint density at radius 2 is 2.11 bits per heavy atom. The van der Waals surface area contributed by atoms with Crippen LogP contribution in [0.4, 0.5) is 5.69 Å². The molecule has 2 heterocycles. The average Bonchev–Trinajstić information content (AvgIpc) is 3.31. The Morgan fingerprint density at radius 3 is 2.82 bits per heavy atom. The first kappa shape index (κ1) is 20.0. The summed E-state index contributed by atoms with van der Waals surface area (Å²) in [7, 11) is 1.62. The van der Waals surface area contributed by atoms with E-state index in [1.807, 2.05) is 55.6 Å². The summed E-state index contributed by atoms with van der Waals surface area (Å²) in [5, 5.41) is 9.43. The normalized spacial score (nSPS) is 11.0. The molecule has 0 aliphatic rings. The molecular formula is C20H24N4O3S. The van der Waals surface area contributed by atoms with Gasteiger partial charge in [-0.1, -0.05) is 26.0 Å². The van der Waals surface area contributed by atoms with Gasteiger partial charge in [0, 0.05) is 19.2 Å². The number of methoxy groups -OCH3 is 1. The zero-order valence-corrected chi connectivity index (χ0v) is 17.0. The van der Waals surface area contributed by atoms with E-state index in [1.165, 1.54) is 0 Å². The lowest BCUT2D eigenvalue weighted by Crippen LogP contribution is -2.14. The van der Waals surface area contributed by atoms with Crippen LogP contribution >= 0.6 is 11.3 Å². The number of carbonyl (C=O) groups is 1. The fourth-order valence-corrected chi connectivity index (χ4v) is 3.31. The molecule has 8 heteroatoms. The molecule has 0 fully saturated rings. The quantitative estimate of drug-likeness (QED) is 0.549. The molecule has 0 radical (unpaired) electrons. The minimum absolute atomic E-state index is 0.00666. The molecule has 0 saturated heterocycles. The molecule has 0 spiro atoms. The van der Waals surface area contributed by atoms with Crippen LogP contribution in [0.1, 0.15) is 20.3 Å². The summed E-state index contributed by atoms with van der Waals surface area (Å²) >= 11 is 1.57. The Kier molecular flexibility index (Phi) is 6.78.